The molecule has 0 aromatic rings. The van der Waals surface area contributed by atoms with E-state index in [1.807, 2.05) is 0 Å². The normalized spacial score (nSPS) is 29.9. The monoisotopic (exact) mass is 252 g/mol. The molecule has 2 aliphatic rings. The quantitative estimate of drug-likeness (QED) is 0.837. The summed E-state index contributed by atoms with van der Waals surface area (Å²) in [5.74, 6) is 0.392. The minimum Gasteiger partial charge on any atom is -0.341 e. The zero-order valence-electron chi connectivity index (χ0n) is 11.8. The lowest BCUT2D eigenvalue weighted by Crippen LogP contribution is -2.55. The number of amides is 1. The van der Waals surface area contributed by atoms with E-state index in [-0.39, 0.29) is 5.54 Å². The first-order valence-electron chi connectivity index (χ1n) is 7.83. The SMILES string of the molecule is CCCC1(C(=O)N2CCCCCCC2)CCCN1. The van der Waals surface area contributed by atoms with Gasteiger partial charge in [-0.1, -0.05) is 32.6 Å². The zero-order chi connectivity index (χ0) is 12.8. The third kappa shape index (κ3) is 3.05. The molecular formula is C15H28N2O. The third-order valence-corrected chi connectivity index (χ3v) is 4.47. The van der Waals surface area contributed by atoms with Crippen LogP contribution in [0.25, 0.3) is 0 Å². The molecule has 2 heterocycles. The van der Waals surface area contributed by atoms with Crippen LogP contribution in [0.2, 0.25) is 0 Å². The van der Waals surface area contributed by atoms with Crippen molar-refractivity contribution in [3.8, 4) is 0 Å². The number of nitrogens with one attached hydrogen (secondary N) is 1. The fraction of sp³-hybridized carbons (Fsp3) is 0.933. The van der Waals surface area contributed by atoms with Gasteiger partial charge in [0.15, 0.2) is 0 Å². The summed E-state index contributed by atoms with van der Waals surface area (Å²) in [4.78, 5) is 15.0. The van der Waals surface area contributed by atoms with E-state index in [1.54, 1.807) is 0 Å². The highest BCUT2D eigenvalue weighted by molar-refractivity contribution is 5.86. The summed E-state index contributed by atoms with van der Waals surface area (Å²) >= 11 is 0. The number of rotatable bonds is 3. The molecule has 3 heteroatoms. The molecule has 0 aliphatic carbocycles. The molecule has 2 aliphatic heterocycles. The number of carbonyl (C=O) groups excluding carboxylic acids is 1. The molecule has 1 N–H and O–H groups in total. The summed E-state index contributed by atoms with van der Waals surface area (Å²) in [5.41, 5.74) is -0.214. The van der Waals surface area contributed by atoms with Gasteiger partial charge in [-0.15, -0.1) is 0 Å². The Labute approximate surface area is 111 Å². The molecule has 0 aromatic carbocycles. The van der Waals surface area contributed by atoms with Crippen LogP contribution in [-0.2, 0) is 4.79 Å². The van der Waals surface area contributed by atoms with Gasteiger partial charge >= 0.3 is 0 Å². The van der Waals surface area contributed by atoms with Crippen molar-refractivity contribution in [3.63, 3.8) is 0 Å². The molecule has 0 saturated carbocycles. The van der Waals surface area contributed by atoms with E-state index in [1.165, 1.54) is 32.1 Å². The van der Waals surface area contributed by atoms with Gasteiger partial charge in [-0.05, 0) is 38.6 Å². The van der Waals surface area contributed by atoms with Crippen molar-refractivity contribution in [2.75, 3.05) is 19.6 Å². The Kier molecular flexibility index (Phi) is 5.04. The topological polar surface area (TPSA) is 32.3 Å². The van der Waals surface area contributed by atoms with Crippen molar-refractivity contribution < 1.29 is 4.79 Å². The summed E-state index contributed by atoms with van der Waals surface area (Å²) in [6.45, 7) is 5.15. The fourth-order valence-corrected chi connectivity index (χ4v) is 3.49. The highest BCUT2D eigenvalue weighted by atomic mass is 16.2. The average molecular weight is 252 g/mol. The van der Waals surface area contributed by atoms with Crippen LogP contribution in [0.15, 0.2) is 0 Å². The first-order valence-corrected chi connectivity index (χ1v) is 7.83. The van der Waals surface area contributed by atoms with E-state index < -0.39 is 0 Å². The predicted molar refractivity (Wildman–Crippen MR) is 74.5 cm³/mol. The minimum atomic E-state index is -0.214. The maximum atomic E-state index is 12.8. The van der Waals surface area contributed by atoms with E-state index in [0.717, 1.165) is 45.3 Å². The van der Waals surface area contributed by atoms with Gasteiger partial charge in [-0.3, -0.25) is 4.79 Å². The Morgan fingerprint density at radius 3 is 2.33 bits per heavy atom. The van der Waals surface area contributed by atoms with Gasteiger partial charge in [0.25, 0.3) is 0 Å². The second kappa shape index (κ2) is 6.55. The van der Waals surface area contributed by atoms with E-state index in [9.17, 15) is 4.79 Å². The van der Waals surface area contributed by atoms with Gasteiger partial charge in [0, 0.05) is 13.1 Å². The number of carbonyl (C=O) groups is 1. The second-order valence-electron chi connectivity index (χ2n) is 5.92. The summed E-state index contributed by atoms with van der Waals surface area (Å²) in [5, 5.41) is 3.51. The van der Waals surface area contributed by atoms with Crippen molar-refractivity contribution in [1.82, 2.24) is 10.2 Å². The largest absolute Gasteiger partial charge is 0.341 e. The molecule has 0 bridgehead atoms. The molecule has 18 heavy (non-hydrogen) atoms. The lowest BCUT2D eigenvalue weighted by molar-refractivity contribution is -0.138. The number of nitrogens with zero attached hydrogens (tertiary/aromatic N) is 1. The van der Waals surface area contributed by atoms with Crippen molar-refractivity contribution in [3.05, 3.63) is 0 Å². The predicted octanol–water partition coefficient (Wildman–Crippen LogP) is 2.70. The highest BCUT2D eigenvalue weighted by Gasteiger charge is 2.42. The van der Waals surface area contributed by atoms with Crippen LogP contribution >= 0.6 is 0 Å². The summed E-state index contributed by atoms with van der Waals surface area (Å²) in [7, 11) is 0. The van der Waals surface area contributed by atoms with Gasteiger partial charge < -0.3 is 10.2 Å². The van der Waals surface area contributed by atoms with E-state index in [4.69, 9.17) is 0 Å². The fourth-order valence-electron chi connectivity index (χ4n) is 3.49. The highest BCUT2D eigenvalue weighted by Crippen LogP contribution is 2.28. The Bertz CT molecular complexity index is 264. The Hall–Kier alpha value is -0.570. The molecular weight excluding hydrogens is 224 g/mol. The van der Waals surface area contributed by atoms with Gasteiger partial charge in [0.2, 0.25) is 5.91 Å². The van der Waals surface area contributed by atoms with E-state index >= 15 is 0 Å². The third-order valence-electron chi connectivity index (χ3n) is 4.47. The smallest absolute Gasteiger partial charge is 0.242 e. The van der Waals surface area contributed by atoms with Gasteiger partial charge in [0.1, 0.15) is 0 Å². The Morgan fingerprint density at radius 1 is 1.11 bits per heavy atom. The molecule has 0 aromatic heterocycles. The second-order valence-corrected chi connectivity index (χ2v) is 5.92. The molecule has 104 valence electrons. The van der Waals surface area contributed by atoms with Crippen molar-refractivity contribution in [2.24, 2.45) is 0 Å². The molecule has 2 rings (SSSR count). The number of hydrogen-bond acceptors (Lipinski definition) is 2. The first kappa shape index (κ1) is 13.9. The zero-order valence-corrected chi connectivity index (χ0v) is 11.8. The van der Waals surface area contributed by atoms with Crippen LogP contribution in [0, 0.1) is 0 Å². The minimum absolute atomic E-state index is 0.214. The molecule has 2 saturated heterocycles. The standard InChI is InChI=1S/C15H28N2O/c1-2-9-15(10-8-11-16-15)14(18)17-12-6-4-3-5-7-13-17/h16H,2-13H2,1H3. The molecule has 0 radical (unpaired) electrons. The van der Waals surface area contributed by atoms with Crippen LogP contribution < -0.4 is 5.32 Å². The molecule has 1 atom stereocenters. The van der Waals surface area contributed by atoms with Gasteiger partial charge in [-0.25, -0.2) is 0 Å². The molecule has 0 spiro atoms. The molecule has 1 unspecified atom stereocenters. The summed E-state index contributed by atoms with van der Waals surface area (Å²) in [6.07, 6.45) is 10.6. The lowest BCUT2D eigenvalue weighted by atomic mass is 9.89. The van der Waals surface area contributed by atoms with Gasteiger partial charge in [-0.2, -0.15) is 0 Å². The van der Waals surface area contributed by atoms with Crippen molar-refractivity contribution >= 4 is 5.91 Å². The molecule has 2 fully saturated rings. The summed E-state index contributed by atoms with van der Waals surface area (Å²) in [6, 6.07) is 0. The van der Waals surface area contributed by atoms with E-state index in [2.05, 4.69) is 17.1 Å². The first-order chi connectivity index (χ1) is 8.78. The Morgan fingerprint density at radius 2 is 1.78 bits per heavy atom. The number of likely N-dealkylation sites (tertiary alicyclic amines) is 1. The van der Waals surface area contributed by atoms with Gasteiger partial charge in [0.05, 0.1) is 5.54 Å². The van der Waals surface area contributed by atoms with E-state index in [0.29, 0.717) is 5.91 Å². The maximum absolute atomic E-state index is 12.8. The van der Waals surface area contributed by atoms with Crippen LogP contribution in [0.4, 0.5) is 0 Å². The van der Waals surface area contributed by atoms with Crippen LogP contribution in [0.3, 0.4) is 0 Å². The summed E-state index contributed by atoms with van der Waals surface area (Å²) < 4.78 is 0. The molecule has 3 nitrogen and oxygen atoms in total. The number of hydrogen-bond donors (Lipinski definition) is 1. The Balaban J connectivity index is 2.02. The van der Waals surface area contributed by atoms with Crippen LogP contribution in [0.5, 0.6) is 0 Å². The van der Waals surface area contributed by atoms with Crippen molar-refractivity contribution in [2.45, 2.75) is 70.3 Å². The molecule has 1 amide bonds. The lowest BCUT2D eigenvalue weighted by Gasteiger charge is -2.35. The maximum Gasteiger partial charge on any atom is 0.242 e. The van der Waals surface area contributed by atoms with Crippen molar-refractivity contribution in [1.29, 1.82) is 0 Å². The van der Waals surface area contributed by atoms with Crippen LogP contribution in [0.1, 0.15) is 64.7 Å². The van der Waals surface area contributed by atoms with Crippen LogP contribution in [-0.4, -0.2) is 36.0 Å². The average Bonchev–Trinajstić information content (AvgIpc) is 2.78.